The van der Waals surface area contributed by atoms with Crippen LogP contribution in [0.15, 0.2) is 48.2 Å². The first-order valence-corrected chi connectivity index (χ1v) is 11.1. The number of aromatic carboxylic acids is 1. The zero-order valence-electron chi connectivity index (χ0n) is 19.8. The van der Waals surface area contributed by atoms with Crippen molar-refractivity contribution in [2.24, 2.45) is 0 Å². The molecule has 0 saturated heterocycles. The number of amides is 2. The van der Waals surface area contributed by atoms with Crippen molar-refractivity contribution < 1.29 is 38.8 Å². The van der Waals surface area contributed by atoms with E-state index < -0.39 is 41.6 Å². The number of anilines is 1. The van der Waals surface area contributed by atoms with Crippen molar-refractivity contribution in [1.82, 2.24) is 4.90 Å². The molecular weight excluding hydrogens is 471 g/mol. The molecule has 4 N–H and O–H groups in total. The Balaban J connectivity index is 1.68. The van der Waals surface area contributed by atoms with E-state index in [0.29, 0.717) is 5.56 Å². The van der Waals surface area contributed by atoms with Crippen LogP contribution in [0, 0.1) is 5.82 Å². The van der Waals surface area contributed by atoms with Gasteiger partial charge in [-0.2, -0.15) is 0 Å². The summed E-state index contributed by atoms with van der Waals surface area (Å²) in [4.78, 5) is 37.9. The first-order valence-electron chi connectivity index (χ1n) is 11.1. The minimum absolute atomic E-state index is 0.0157. The van der Waals surface area contributed by atoms with Gasteiger partial charge in [-0.1, -0.05) is 12.1 Å². The summed E-state index contributed by atoms with van der Waals surface area (Å²) < 4.78 is 20.4. The number of carbonyl (C=O) groups excluding carboxylic acids is 2. The number of halogens is 1. The highest BCUT2D eigenvalue weighted by atomic mass is 19.1. The molecule has 2 aromatic carbocycles. The van der Waals surface area contributed by atoms with Crippen LogP contribution in [-0.2, 0) is 9.53 Å². The number of hydrogen-bond donors (Lipinski definition) is 4. The number of aliphatic hydroxyl groups excluding tert-OH is 2. The van der Waals surface area contributed by atoms with Crippen LogP contribution in [-0.4, -0.2) is 69.9 Å². The predicted molar refractivity (Wildman–Crippen MR) is 129 cm³/mol. The molecule has 9 nitrogen and oxygen atoms in total. The molecule has 0 saturated carbocycles. The zero-order chi connectivity index (χ0) is 26.4. The Morgan fingerprint density at radius 1 is 1.19 bits per heavy atom. The summed E-state index contributed by atoms with van der Waals surface area (Å²) in [5, 5.41) is 30.3. The SMILES string of the molecule is CN(CC(O)CO)C(=O)c1ccc(C2=C/C(=C3\C(=O)Nc4cc(C(=O)O)c(F)cc43)OC2(C)C)cc1. The van der Waals surface area contributed by atoms with Gasteiger partial charge in [-0.05, 0) is 49.8 Å². The van der Waals surface area contributed by atoms with Crippen LogP contribution in [0.5, 0.6) is 0 Å². The summed E-state index contributed by atoms with van der Waals surface area (Å²) in [6.07, 6.45) is 0.640. The van der Waals surface area contributed by atoms with Crippen molar-refractivity contribution >= 4 is 34.6 Å². The van der Waals surface area contributed by atoms with Gasteiger partial charge in [-0.3, -0.25) is 9.59 Å². The van der Waals surface area contributed by atoms with Gasteiger partial charge >= 0.3 is 5.97 Å². The maximum Gasteiger partial charge on any atom is 0.338 e. The number of ether oxygens (including phenoxy) is 1. The number of fused-ring (bicyclic) bond motifs is 1. The fourth-order valence-corrected chi connectivity index (χ4v) is 4.29. The highest BCUT2D eigenvalue weighted by molar-refractivity contribution is 6.32. The molecule has 1 atom stereocenters. The third kappa shape index (κ3) is 4.48. The Bertz CT molecular complexity index is 1330. The first kappa shape index (κ1) is 25.1. The van der Waals surface area contributed by atoms with Crippen molar-refractivity contribution in [2.45, 2.75) is 25.6 Å². The Hall–Kier alpha value is -4.02. The molecule has 2 amide bonds. The fraction of sp³-hybridized carbons (Fsp3) is 0.269. The van der Waals surface area contributed by atoms with Crippen molar-refractivity contribution in [2.75, 3.05) is 25.5 Å². The molecule has 0 aliphatic carbocycles. The first-order chi connectivity index (χ1) is 16.9. The van der Waals surface area contributed by atoms with Crippen LogP contribution in [0.3, 0.4) is 0 Å². The number of benzene rings is 2. The van der Waals surface area contributed by atoms with Gasteiger partial charge in [0.05, 0.1) is 29.5 Å². The number of aliphatic hydroxyl groups is 2. The summed E-state index contributed by atoms with van der Waals surface area (Å²) in [5.74, 6) is -3.05. The largest absolute Gasteiger partial charge is 0.482 e. The van der Waals surface area contributed by atoms with Gasteiger partial charge < -0.3 is 30.3 Å². The lowest BCUT2D eigenvalue weighted by Gasteiger charge is -2.24. The number of nitrogens with zero attached hydrogens (tertiary/aromatic N) is 1. The Morgan fingerprint density at radius 2 is 1.86 bits per heavy atom. The highest BCUT2D eigenvalue weighted by Crippen LogP contribution is 2.44. The van der Waals surface area contributed by atoms with Gasteiger partial charge in [-0.25, -0.2) is 9.18 Å². The number of hydrogen-bond acceptors (Lipinski definition) is 6. The average molecular weight is 496 g/mol. The quantitative estimate of drug-likeness (QED) is 0.451. The van der Waals surface area contributed by atoms with E-state index in [1.54, 1.807) is 44.2 Å². The summed E-state index contributed by atoms with van der Waals surface area (Å²) in [7, 11) is 1.52. The van der Waals surface area contributed by atoms with Crippen LogP contribution >= 0.6 is 0 Å². The van der Waals surface area contributed by atoms with E-state index in [1.807, 2.05) is 0 Å². The number of allylic oxidation sites excluding steroid dienone is 1. The molecular formula is C26H25FN2O7. The normalized spacial score (nSPS) is 18.7. The number of carboxylic acids is 1. The van der Waals surface area contributed by atoms with Gasteiger partial charge in [0.1, 0.15) is 17.2 Å². The Morgan fingerprint density at radius 3 is 2.47 bits per heavy atom. The molecule has 10 heteroatoms. The van der Waals surface area contributed by atoms with E-state index in [0.717, 1.165) is 23.3 Å². The van der Waals surface area contributed by atoms with Crippen LogP contribution in [0.2, 0.25) is 0 Å². The maximum absolute atomic E-state index is 14.4. The Labute approximate surface area is 206 Å². The lowest BCUT2D eigenvalue weighted by atomic mass is 9.91. The number of likely N-dealkylation sites (N-methyl/N-ethyl adjacent to an activating group) is 1. The topological polar surface area (TPSA) is 136 Å². The summed E-state index contributed by atoms with van der Waals surface area (Å²) >= 11 is 0. The molecule has 4 rings (SSSR count). The van der Waals surface area contributed by atoms with E-state index in [9.17, 15) is 23.9 Å². The molecule has 0 bridgehead atoms. The van der Waals surface area contributed by atoms with Gasteiger partial charge in [-0.15, -0.1) is 0 Å². The smallest absolute Gasteiger partial charge is 0.338 e. The van der Waals surface area contributed by atoms with Crippen molar-refractivity contribution in [3.8, 4) is 0 Å². The molecule has 2 aliphatic rings. The summed E-state index contributed by atoms with van der Waals surface area (Å²) in [6, 6.07) is 8.80. The number of nitrogens with one attached hydrogen (secondary N) is 1. The lowest BCUT2D eigenvalue weighted by molar-refractivity contribution is -0.111. The van der Waals surface area contributed by atoms with Crippen LogP contribution < -0.4 is 5.32 Å². The van der Waals surface area contributed by atoms with Crippen LogP contribution in [0.4, 0.5) is 10.1 Å². The van der Waals surface area contributed by atoms with E-state index in [-0.39, 0.29) is 35.0 Å². The van der Waals surface area contributed by atoms with Gasteiger partial charge in [0, 0.05) is 30.3 Å². The molecule has 2 aliphatic heterocycles. The highest BCUT2D eigenvalue weighted by Gasteiger charge is 2.38. The standard InChI is InChI=1S/C26H25FN2O7/c1-26(2)18(13-4-6-14(7-5-13)24(33)29(3)11-15(31)12-30)10-21(36-26)22-17-8-19(27)16(25(34)35)9-20(17)28-23(22)32/h4-10,15,30-31H,11-12H2,1-3H3,(H,28,32)(H,34,35)/b22-21+. The molecule has 0 aromatic heterocycles. The van der Waals surface area contributed by atoms with E-state index in [2.05, 4.69) is 5.32 Å². The minimum Gasteiger partial charge on any atom is -0.482 e. The molecule has 0 spiro atoms. The lowest BCUT2D eigenvalue weighted by Crippen LogP contribution is -2.35. The van der Waals surface area contributed by atoms with E-state index >= 15 is 0 Å². The molecule has 0 fully saturated rings. The van der Waals surface area contributed by atoms with Crippen LogP contribution in [0.25, 0.3) is 11.1 Å². The van der Waals surface area contributed by atoms with Crippen LogP contribution in [0.1, 0.15) is 45.7 Å². The number of rotatable bonds is 6. The monoisotopic (exact) mass is 496 g/mol. The third-order valence-corrected chi connectivity index (χ3v) is 6.10. The summed E-state index contributed by atoms with van der Waals surface area (Å²) in [5.41, 5.74) is 0.917. The fourth-order valence-electron chi connectivity index (χ4n) is 4.29. The van der Waals surface area contributed by atoms with Gasteiger partial charge in [0.15, 0.2) is 0 Å². The molecule has 2 aromatic rings. The molecule has 36 heavy (non-hydrogen) atoms. The minimum atomic E-state index is -1.44. The second kappa shape index (κ2) is 9.21. The second-order valence-corrected chi connectivity index (χ2v) is 9.15. The van der Waals surface area contributed by atoms with Gasteiger partial charge in [0.25, 0.3) is 11.8 Å². The molecule has 0 radical (unpaired) electrons. The maximum atomic E-state index is 14.4. The third-order valence-electron chi connectivity index (χ3n) is 6.10. The summed E-state index contributed by atoms with van der Waals surface area (Å²) in [6.45, 7) is 3.14. The van der Waals surface area contributed by atoms with Crippen molar-refractivity contribution in [3.63, 3.8) is 0 Å². The molecule has 2 heterocycles. The van der Waals surface area contributed by atoms with Crippen molar-refractivity contribution in [3.05, 3.63) is 76.3 Å². The van der Waals surface area contributed by atoms with Gasteiger partial charge in [0.2, 0.25) is 0 Å². The average Bonchev–Trinajstić information content (AvgIpc) is 3.31. The number of carbonyl (C=O) groups is 3. The van der Waals surface area contributed by atoms with E-state index in [1.165, 1.54) is 11.9 Å². The predicted octanol–water partition coefficient (Wildman–Crippen LogP) is 2.50. The second-order valence-electron chi connectivity index (χ2n) is 9.15. The molecule has 1 unspecified atom stereocenters. The molecule has 188 valence electrons. The van der Waals surface area contributed by atoms with Crippen molar-refractivity contribution in [1.29, 1.82) is 0 Å². The Kier molecular flexibility index (Phi) is 6.42. The van der Waals surface area contributed by atoms with E-state index in [4.69, 9.17) is 14.9 Å². The zero-order valence-corrected chi connectivity index (χ0v) is 19.8. The number of carboxylic acid groups (broad SMARTS) is 1.